The Hall–Kier alpha value is 0.397. The van der Waals surface area contributed by atoms with Gasteiger partial charge in [0, 0.05) is 5.33 Å². The van der Waals surface area contributed by atoms with E-state index < -0.39 is 14.9 Å². The number of hydrogen-bond acceptors (Lipinski definition) is 1. The second kappa shape index (κ2) is 6.36. The van der Waals surface area contributed by atoms with Crippen molar-refractivity contribution >= 4 is 24.2 Å². The highest BCUT2D eigenvalue weighted by molar-refractivity contribution is 9.09. The van der Waals surface area contributed by atoms with Crippen molar-refractivity contribution in [1.82, 2.24) is 0 Å². The number of hydrogen-bond donors (Lipinski definition) is 0. The van der Waals surface area contributed by atoms with Gasteiger partial charge in [0.05, 0.1) is 9.30 Å². The molecular formula is C13H27BrOSi. The third-order valence-corrected chi connectivity index (χ3v) is 8.53. The van der Waals surface area contributed by atoms with E-state index in [4.69, 9.17) is 7.17 Å². The van der Waals surface area contributed by atoms with Crippen molar-refractivity contribution in [1.29, 1.82) is 0 Å². The Morgan fingerprint density at radius 3 is 2.38 bits per heavy atom. The topological polar surface area (TPSA) is 9.23 Å². The smallest absolute Gasteiger partial charge is 0.193 e. The third kappa shape index (κ3) is 4.34. The van der Waals surface area contributed by atoms with Crippen LogP contribution in [0.15, 0.2) is 12.2 Å². The van der Waals surface area contributed by atoms with E-state index in [2.05, 4.69) is 63.3 Å². The number of halogens is 1. The van der Waals surface area contributed by atoms with Crippen LogP contribution in [0.3, 0.4) is 0 Å². The van der Waals surface area contributed by atoms with Gasteiger partial charge in [0.1, 0.15) is 0 Å². The molecule has 0 saturated carbocycles. The molecule has 0 aromatic rings. The molecule has 0 unspecified atom stereocenters. The molecule has 0 aliphatic heterocycles. The molecule has 0 aromatic heterocycles. The van der Waals surface area contributed by atoms with Gasteiger partial charge in [-0.25, -0.2) is 0 Å². The maximum atomic E-state index is 8.07. The van der Waals surface area contributed by atoms with E-state index in [1.54, 1.807) is 0 Å². The van der Waals surface area contributed by atoms with E-state index in [0.29, 0.717) is 23.2 Å². The van der Waals surface area contributed by atoms with Gasteiger partial charge < -0.3 is 4.43 Å². The van der Waals surface area contributed by atoms with E-state index in [9.17, 15) is 0 Å². The highest BCUT2D eigenvalue weighted by atomic mass is 79.9. The summed E-state index contributed by atoms with van der Waals surface area (Å²) in [5, 5.41) is 0.722. The molecule has 0 atom stereocenters. The first-order valence-electron chi connectivity index (χ1n) is 6.83. The normalized spacial score (nSPS) is 16.0. The molecule has 3 heteroatoms. The quantitative estimate of drug-likeness (QED) is 0.366. The highest BCUT2D eigenvalue weighted by Crippen LogP contribution is 2.44. The number of rotatable bonds is 7. The summed E-state index contributed by atoms with van der Waals surface area (Å²) in [4.78, 5) is 0. The van der Waals surface area contributed by atoms with Crippen molar-refractivity contribution in [3.8, 4) is 0 Å². The molecular weight excluding hydrogens is 280 g/mol. The lowest BCUT2D eigenvalue weighted by atomic mass is 9.99. The fourth-order valence-corrected chi connectivity index (χ4v) is 3.72. The second-order valence-electron chi connectivity index (χ2n) is 5.63. The second-order valence-corrected chi connectivity index (χ2v) is 10.9. The van der Waals surface area contributed by atoms with Crippen molar-refractivity contribution in [2.45, 2.75) is 52.2 Å². The molecule has 0 heterocycles. The van der Waals surface area contributed by atoms with Gasteiger partial charge in [-0.3, -0.25) is 0 Å². The molecule has 0 aromatic carbocycles. The zero-order valence-corrected chi connectivity index (χ0v) is 14.1. The highest BCUT2D eigenvalue weighted by Gasteiger charge is 2.43. The first-order chi connectivity index (χ1) is 7.88. The molecule has 16 heavy (non-hydrogen) atoms. The predicted octanol–water partition coefficient (Wildman–Crippen LogP) is 4.99. The van der Waals surface area contributed by atoms with Gasteiger partial charge in [-0.15, -0.1) is 0 Å². The fraction of sp³-hybridized carbons (Fsp3) is 0.846. The predicted molar refractivity (Wildman–Crippen MR) is 79.9 cm³/mol. The summed E-state index contributed by atoms with van der Waals surface area (Å²) < 4.78 is 22.1. The summed E-state index contributed by atoms with van der Waals surface area (Å²) >= 11 is 3.31. The van der Waals surface area contributed by atoms with E-state index in [1.165, 1.54) is 0 Å². The largest absolute Gasteiger partial charge is 0.413 e. The summed E-state index contributed by atoms with van der Waals surface area (Å²) in [7, 11) is -2.17. The van der Waals surface area contributed by atoms with Crippen molar-refractivity contribution in [2.24, 2.45) is 5.92 Å². The first-order valence-corrected chi connectivity index (χ1v) is 9.86. The molecule has 0 bridgehead atoms. The van der Waals surface area contributed by atoms with Crippen LogP contribution in [0, 0.1) is 5.92 Å². The minimum Gasteiger partial charge on any atom is -0.413 e. The van der Waals surface area contributed by atoms with E-state index in [1.807, 2.05) is 0 Å². The van der Waals surface area contributed by atoms with E-state index >= 15 is 0 Å². The van der Waals surface area contributed by atoms with Crippen LogP contribution in [0.2, 0.25) is 18.1 Å². The van der Waals surface area contributed by atoms with Gasteiger partial charge in [-0.2, -0.15) is 0 Å². The van der Waals surface area contributed by atoms with Crippen LogP contribution in [0.25, 0.3) is 0 Å². The summed E-state index contributed by atoms with van der Waals surface area (Å²) in [6, 6.07) is 0. The van der Waals surface area contributed by atoms with Crippen LogP contribution in [0.4, 0.5) is 0 Å². The average Bonchev–Trinajstić information content (AvgIpc) is 2.15. The van der Waals surface area contributed by atoms with Gasteiger partial charge in [-0.1, -0.05) is 55.8 Å². The summed E-state index contributed by atoms with van der Waals surface area (Å²) in [6.07, 6.45) is 0.597. The first kappa shape index (κ1) is 12.8. The zero-order chi connectivity index (χ0) is 14.8. The lowest BCUT2D eigenvalue weighted by Crippen LogP contribution is -2.45. The molecule has 0 fully saturated rings. The molecule has 96 valence electrons. The maximum Gasteiger partial charge on any atom is 0.193 e. The molecule has 0 N–H and O–H groups in total. The van der Waals surface area contributed by atoms with Crippen molar-refractivity contribution < 1.29 is 7.17 Å². The van der Waals surface area contributed by atoms with Gasteiger partial charge in [0.15, 0.2) is 8.32 Å². The van der Waals surface area contributed by atoms with E-state index in [0.717, 1.165) is 0 Å². The number of alkyl halides is 1. The van der Waals surface area contributed by atoms with Gasteiger partial charge in [0.2, 0.25) is 0 Å². The fourth-order valence-electron chi connectivity index (χ4n) is 1.19. The summed E-state index contributed by atoms with van der Waals surface area (Å²) in [5.41, 5.74) is 0.513. The standard InChI is InChI=1S/C13H27BrOSi/c1-11(2)13(4,5)16(6,7)15-10-12(3)8-9-14/h11H,3,8-10H2,1-2,4-7H3/i10D2. The Morgan fingerprint density at radius 1 is 1.50 bits per heavy atom. The lowest BCUT2D eigenvalue weighted by Gasteiger charge is -2.42. The van der Waals surface area contributed by atoms with Crippen LogP contribution >= 0.6 is 15.9 Å². The van der Waals surface area contributed by atoms with Crippen molar-refractivity contribution in [2.75, 3.05) is 11.9 Å². The third-order valence-electron chi connectivity index (χ3n) is 3.84. The lowest BCUT2D eigenvalue weighted by molar-refractivity contribution is 0.289. The van der Waals surface area contributed by atoms with Crippen LogP contribution in [-0.2, 0) is 4.43 Å². The minimum atomic E-state index is -2.17. The average molecular weight is 309 g/mol. The molecule has 0 radical (unpaired) electrons. The molecule has 0 aliphatic rings. The van der Waals surface area contributed by atoms with Gasteiger partial charge >= 0.3 is 0 Å². The van der Waals surface area contributed by atoms with Crippen LogP contribution in [0.5, 0.6) is 0 Å². The Labute approximate surface area is 114 Å². The molecule has 0 aliphatic carbocycles. The maximum absolute atomic E-state index is 8.07. The molecule has 0 saturated heterocycles. The van der Waals surface area contributed by atoms with Gasteiger partial charge in [-0.05, 0) is 30.5 Å². The van der Waals surface area contributed by atoms with Crippen LogP contribution < -0.4 is 0 Å². The summed E-state index contributed by atoms with van der Waals surface area (Å²) in [5.74, 6) is 0.458. The molecule has 0 amide bonds. The molecule has 0 rings (SSSR count). The van der Waals surface area contributed by atoms with Crippen LogP contribution in [-0.4, -0.2) is 20.2 Å². The Kier molecular flexibility index (Phi) is 5.11. The molecule has 1 nitrogen and oxygen atoms in total. The summed E-state index contributed by atoms with van der Waals surface area (Å²) in [6.45, 7) is 15.0. The van der Waals surface area contributed by atoms with Crippen molar-refractivity contribution in [3.63, 3.8) is 0 Å². The van der Waals surface area contributed by atoms with Gasteiger partial charge in [0.25, 0.3) is 0 Å². The Balaban J connectivity index is 5.02. The molecule has 0 spiro atoms. The van der Waals surface area contributed by atoms with Crippen molar-refractivity contribution in [3.05, 3.63) is 12.2 Å². The monoisotopic (exact) mass is 308 g/mol. The SMILES string of the molecule is [2H]C([2H])(O[Si](C)(C)C(C)(C)C(C)C)C(=C)CCBr. The Morgan fingerprint density at radius 2 is 2.00 bits per heavy atom. The zero-order valence-electron chi connectivity index (χ0n) is 13.5. The Bertz CT molecular complexity index is 301. The van der Waals surface area contributed by atoms with Crippen LogP contribution in [0.1, 0.15) is 36.9 Å². The van der Waals surface area contributed by atoms with E-state index in [-0.39, 0.29) is 5.04 Å². The minimum absolute atomic E-state index is 0.00896.